The van der Waals surface area contributed by atoms with Crippen LogP contribution in [0.1, 0.15) is 22.3 Å². The van der Waals surface area contributed by atoms with Crippen LogP contribution in [0.5, 0.6) is 0 Å². The maximum atomic E-state index is 2.50. The molecule has 0 aliphatic heterocycles. The summed E-state index contributed by atoms with van der Waals surface area (Å²) in [5, 5.41) is 2.59. The largest absolute Gasteiger partial charge is 0.310 e. The predicted octanol–water partition coefficient (Wildman–Crippen LogP) is 15.3. The van der Waals surface area contributed by atoms with Gasteiger partial charge in [-0.1, -0.05) is 152 Å². The third kappa shape index (κ3) is 4.65. The number of thiophene rings is 1. The fourth-order valence-corrected chi connectivity index (χ4v) is 11.2. The Bertz CT molecular complexity index is 3150. The number of hydrogen-bond donors (Lipinski definition) is 0. The molecule has 1 heterocycles. The number of benzene rings is 9. The standard InChI is InChI=1S/C55H36N2S/c1-4-18-37(19-5-1)56(38-20-6-2-7-21-38)50-31-17-30-48-53(50)45-26-11-14-29-47(45)55(48)46-28-13-10-24-41(46)42-35-34-40(36-49(42)55)57(39-22-8-3-9-23-39)51-32-16-27-44-43-25-12-15-33-52(43)58-54(44)51/h1-36H. The Labute approximate surface area is 342 Å². The molecule has 9 aromatic carbocycles. The zero-order chi connectivity index (χ0) is 38.2. The van der Waals surface area contributed by atoms with Crippen LogP contribution < -0.4 is 9.80 Å². The van der Waals surface area contributed by atoms with E-state index in [1.54, 1.807) is 0 Å². The molecule has 58 heavy (non-hydrogen) atoms. The molecule has 2 aliphatic carbocycles. The van der Waals surface area contributed by atoms with Gasteiger partial charge in [0.05, 0.1) is 21.5 Å². The predicted molar refractivity (Wildman–Crippen MR) is 245 cm³/mol. The fourth-order valence-electron chi connectivity index (χ4n) is 9.98. The van der Waals surface area contributed by atoms with E-state index in [9.17, 15) is 0 Å². The van der Waals surface area contributed by atoms with Gasteiger partial charge in [-0.05, 0) is 106 Å². The van der Waals surface area contributed by atoms with Gasteiger partial charge in [-0.15, -0.1) is 11.3 Å². The van der Waals surface area contributed by atoms with Crippen LogP contribution in [0.25, 0.3) is 42.4 Å². The van der Waals surface area contributed by atoms with Crippen molar-refractivity contribution in [2.45, 2.75) is 5.41 Å². The molecule has 0 saturated heterocycles. The van der Waals surface area contributed by atoms with E-state index >= 15 is 0 Å². The van der Waals surface area contributed by atoms with E-state index in [2.05, 4.69) is 228 Å². The van der Waals surface area contributed by atoms with Crippen LogP contribution in [0.3, 0.4) is 0 Å². The van der Waals surface area contributed by atoms with Crippen LogP contribution >= 0.6 is 11.3 Å². The molecule has 0 fully saturated rings. The normalized spacial score (nSPS) is 14.6. The van der Waals surface area contributed by atoms with Crippen molar-refractivity contribution in [2.75, 3.05) is 9.80 Å². The number of hydrogen-bond acceptors (Lipinski definition) is 3. The second-order valence-electron chi connectivity index (χ2n) is 15.2. The Morgan fingerprint density at radius 1 is 0.328 bits per heavy atom. The summed E-state index contributed by atoms with van der Waals surface area (Å²) < 4.78 is 2.59. The molecule has 2 nitrogen and oxygen atoms in total. The number of rotatable bonds is 6. The molecule has 0 radical (unpaired) electrons. The van der Waals surface area contributed by atoms with Crippen LogP contribution in [0.2, 0.25) is 0 Å². The number of anilines is 6. The third-order valence-corrected chi connectivity index (χ3v) is 13.5. The number of para-hydroxylation sites is 3. The van der Waals surface area contributed by atoms with Gasteiger partial charge >= 0.3 is 0 Å². The average molecular weight is 757 g/mol. The number of nitrogens with zero attached hydrogens (tertiary/aromatic N) is 2. The second-order valence-corrected chi connectivity index (χ2v) is 16.3. The third-order valence-electron chi connectivity index (χ3n) is 12.2. The first kappa shape index (κ1) is 33.0. The molecule has 3 heteroatoms. The van der Waals surface area contributed by atoms with Crippen molar-refractivity contribution < 1.29 is 0 Å². The minimum absolute atomic E-state index is 0.533. The Morgan fingerprint density at radius 3 is 1.53 bits per heavy atom. The molecule has 10 aromatic rings. The van der Waals surface area contributed by atoms with Crippen molar-refractivity contribution in [2.24, 2.45) is 0 Å². The van der Waals surface area contributed by atoms with Gasteiger partial charge in [0.15, 0.2) is 0 Å². The minimum atomic E-state index is -0.533. The minimum Gasteiger partial charge on any atom is -0.310 e. The van der Waals surface area contributed by atoms with E-state index in [0.717, 1.165) is 22.7 Å². The molecule has 0 amide bonds. The van der Waals surface area contributed by atoms with Crippen molar-refractivity contribution in [1.29, 1.82) is 0 Å². The first-order chi connectivity index (χ1) is 28.8. The number of fused-ring (bicyclic) bond motifs is 13. The van der Waals surface area contributed by atoms with Crippen LogP contribution in [-0.4, -0.2) is 0 Å². The van der Waals surface area contributed by atoms with Gasteiger partial charge in [0.2, 0.25) is 0 Å². The molecule has 1 atom stereocenters. The molecule has 0 saturated carbocycles. The molecule has 2 aliphatic rings. The summed E-state index contributed by atoms with van der Waals surface area (Å²) in [6.07, 6.45) is 0. The second kappa shape index (κ2) is 12.9. The van der Waals surface area contributed by atoms with Gasteiger partial charge in [-0.3, -0.25) is 0 Å². The molecule has 0 bridgehead atoms. The highest BCUT2D eigenvalue weighted by Crippen LogP contribution is 2.65. The van der Waals surface area contributed by atoms with Crippen molar-refractivity contribution >= 4 is 65.6 Å². The fraction of sp³-hybridized carbons (Fsp3) is 0.0182. The lowest BCUT2D eigenvalue weighted by atomic mass is 9.70. The first-order valence-corrected chi connectivity index (χ1v) is 20.8. The zero-order valence-corrected chi connectivity index (χ0v) is 32.4. The van der Waals surface area contributed by atoms with E-state index in [1.165, 1.54) is 76.1 Å². The van der Waals surface area contributed by atoms with Gasteiger partial charge in [0, 0.05) is 43.8 Å². The average Bonchev–Trinajstić information content (AvgIpc) is 3.93. The Balaban J connectivity index is 1.15. The summed E-state index contributed by atoms with van der Waals surface area (Å²) in [6.45, 7) is 0. The quantitative estimate of drug-likeness (QED) is 0.167. The van der Waals surface area contributed by atoms with Crippen molar-refractivity contribution in [3.8, 4) is 22.3 Å². The summed E-state index contributed by atoms with van der Waals surface area (Å²) in [7, 11) is 0. The Hall–Kier alpha value is -7.20. The molecular weight excluding hydrogens is 721 g/mol. The molecule has 272 valence electrons. The molecular formula is C55H36N2S. The smallest absolute Gasteiger partial charge is 0.0727 e. The van der Waals surface area contributed by atoms with Crippen LogP contribution in [0.15, 0.2) is 218 Å². The summed E-state index contributed by atoms with van der Waals surface area (Å²) in [5.74, 6) is 0. The summed E-state index contributed by atoms with van der Waals surface area (Å²) >= 11 is 1.88. The van der Waals surface area contributed by atoms with Crippen molar-refractivity contribution in [1.82, 2.24) is 0 Å². The SMILES string of the molecule is c1ccc(N(c2ccccc2)c2cccc3c2-c2ccccc2C32c3ccccc3-c3ccc(N(c4ccccc4)c4cccc5c4sc4ccccc45)cc32)cc1. The zero-order valence-electron chi connectivity index (χ0n) is 31.6. The van der Waals surface area contributed by atoms with Crippen LogP contribution in [0, 0.1) is 0 Å². The van der Waals surface area contributed by atoms with Gasteiger partial charge in [0.25, 0.3) is 0 Å². The molecule has 1 unspecified atom stereocenters. The van der Waals surface area contributed by atoms with Gasteiger partial charge in [-0.2, -0.15) is 0 Å². The highest BCUT2D eigenvalue weighted by molar-refractivity contribution is 7.26. The van der Waals surface area contributed by atoms with Gasteiger partial charge in [0.1, 0.15) is 0 Å². The molecule has 0 N–H and O–H groups in total. The lowest BCUT2D eigenvalue weighted by Gasteiger charge is -2.33. The molecule has 1 spiro atoms. The monoisotopic (exact) mass is 756 g/mol. The van der Waals surface area contributed by atoms with Crippen LogP contribution in [-0.2, 0) is 5.41 Å². The molecule has 1 aromatic heterocycles. The highest BCUT2D eigenvalue weighted by atomic mass is 32.1. The van der Waals surface area contributed by atoms with Gasteiger partial charge in [-0.25, -0.2) is 0 Å². The lowest BCUT2D eigenvalue weighted by molar-refractivity contribution is 0.793. The first-order valence-electron chi connectivity index (χ1n) is 19.9. The van der Waals surface area contributed by atoms with E-state index < -0.39 is 5.41 Å². The summed E-state index contributed by atoms with van der Waals surface area (Å²) in [4.78, 5) is 4.90. The summed E-state index contributed by atoms with van der Waals surface area (Å²) in [5.41, 5.74) is 16.7. The van der Waals surface area contributed by atoms with E-state index in [0.29, 0.717) is 0 Å². The highest BCUT2D eigenvalue weighted by Gasteiger charge is 2.52. The maximum absolute atomic E-state index is 2.50. The lowest BCUT2D eigenvalue weighted by Crippen LogP contribution is -2.26. The summed E-state index contributed by atoms with van der Waals surface area (Å²) in [6, 6.07) is 80.4. The van der Waals surface area contributed by atoms with E-state index in [4.69, 9.17) is 0 Å². The van der Waals surface area contributed by atoms with Crippen molar-refractivity contribution in [3.05, 3.63) is 241 Å². The Morgan fingerprint density at radius 2 is 0.828 bits per heavy atom. The van der Waals surface area contributed by atoms with Crippen LogP contribution in [0.4, 0.5) is 34.1 Å². The Kier molecular flexibility index (Phi) is 7.35. The van der Waals surface area contributed by atoms with Gasteiger partial charge < -0.3 is 9.80 Å². The molecule has 12 rings (SSSR count). The topological polar surface area (TPSA) is 6.48 Å². The van der Waals surface area contributed by atoms with E-state index in [1.807, 2.05) is 11.3 Å². The van der Waals surface area contributed by atoms with E-state index in [-0.39, 0.29) is 0 Å². The van der Waals surface area contributed by atoms with Crippen molar-refractivity contribution in [3.63, 3.8) is 0 Å². The maximum Gasteiger partial charge on any atom is 0.0727 e.